The summed E-state index contributed by atoms with van der Waals surface area (Å²) >= 11 is 4.99. The van der Waals surface area contributed by atoms with E-state index < -0.39 is 0 Å². The van der Waals surface area contributed by atoms with E-state index in [9.17, 15) is 0 Å². The summed E-state index contributed by atoms with van der Waals surface area (Å²) in [5.41, 5.74) is 9.72. The Morgan fingerprint density at radius 1 is 1.21 bits per heavy atom. The predicted molar refractivity (Wildman–Crippen MR) is 83.3 cm³/mol. The molecular weight excluding hydrogens is 254 g/mol. The number of nitrogens with one attached hydrogen (secondary N) is 1. The van der Waals surface area contributed by atoms with Gasteiger partial charge in [0.25, 0.3) is 0 Å². The molecule has 0 amide bonds. The Bertz CT molecular complexity index is 564. The average molecular weight is 271 g/mol. The summed E-state index contributed by atoms with van der Waals surface area (Å²) in [5, 5.41) is 3.32. The topological polar surface area (TPSA) is 50.9 Å². The first-order valence-electron chi connectivity index (χ1n) is 6.27. The molecule has 0 spiro atoms. The molecule has 0 saturated heterocycles. The van der Waals surface area contributed by atoms with Crippen LogP contribution in [0.4, 0.5) is 5.69 Å². The number of benzene rings is 1. The summed E-state index contributed by atoms with van der Waals surface area (Å²) in [4.78, 5) is 4.50. The highest BCUT2D eigenvalue weighted by molar-refractivity contribution is 7.80. The molecule has 3 nitrogen and oxygen atoms in total. The molecule has 3 N–H and O–H groups in total. The van der Waals surface area contributed by atoms with Gasteiger partial charge in [0.05, 0.1) is 5.69 Å². The van der Waals surface area contributed by atoms with Crippen molar-refractivity contribution in [2.75, 3.05) is 5.32 Å². The minimum absolute atomic E-state index is 0.310. The smallest absolute Gasteiger partial charge is 0.124 e. The Labute approximate surface area is 118 Å². The van der Waals surface area contributed by atoms with Crippen LogP contribution in [-0.2, 0) is 13.0 Å². The van der Waals surface area contributed by atoms with Gasteiger partial charge in [0.2, 0.25) is 0 Å². The minimum Gasteiger partial charge on any atom is -0.388 e. The molecule has 19 heavy (non-hydrogen) atoms. The Morgan fingerprint density at radius 2 is 1.89 bits per heavy atom. The summed E-state index contributed by atoms with van der Waals surface area (Å²) in [5.74, 6) is 0. The van der Waals surface area contributed by atoms with Crippen LogP contribution in [0.15, 0.2) is 42.6 Å². The van der Waals surface area contributed by atoms with Crippen LogP contribution in [0.25, 0.3) is 0 Å². The van der Waals surface area contributed by atoms with Gasteiger partial charge in [-0.05, 0) is 29.7 Å². The second kappa shape index (κ2) is 6.29. The van der Waals surface area contributed by atoms with Gasteiger partial charge in [0, 0.05) is 12.7 Å². The van der Waals surface area contributed by atoms with Crippen molar-refractivity contribution in [3.8, 4) is 0 Å². The lowest BCUT2D eigenvalue weighted by Gasteiger charge is -2.10. The van der Waals surface area contributed by atoms with Gasteiger partial charge in [0.1, 0.15) is 10.7 Å². The number of thiocarbonyl (C=S) groups is 1. The van der Waals surface area contributed by atoms with Crippen LogP contribution in [0.2, 0.25) is 0 Å². The van der Waals surface area contributed by atoms with E-state index in [1.54, 1.807) is 6.20 Å². The number of nitrogens with zero attached hydrogens (tertiary/aromatic N) is 1. The van der Waals surface area contributed by atoms with E-state index in [-0.39, 0.29) is 0 Å². The highest BCUT2D eigenvalue weighted by atomic mass is 32.1. The largest absolute Gasteiger partial charge is 0.388 e. The van der Waals surface area contributed by atoms with Crippen molar-refractivity contribution >= 4 is 22.9 Å². The molecule has 4 heteroatoms. The molecule has 0 atom stereocenters. The molecule has 0 fully saturated rings. The number of hydrogen-bond donors (Lipinski definition) is 2. The molecule has 0 aliphatic carbocycles. The second-order valence-electron chi connectivity index (χ2n) is 4.29. The van der Waals surface area contributed by atoms with E-state index in [0.29, 0.717) is 10.7 Å². The van der Waals surface area contributed by atoms with Gasteiger partial charge in [-0.15, -0.1) is 0 Å². The maximum Gasteiger partial charge on any atom is 0.124 e. The van der Waals surface area contributed by atoms with E-state index in [1.165, 1.54) is 11.1 Å². The zero-order valence-electron chi connectivity index (χ0n) is 10.9. The Kier molecular flexibility index (Phi) is 4.47. The molecular formula is C15H17N3S. The fourth-order valence-electron chi connectivity index (χ4n) is 1.83. The standard InChI is InChI=1S/C15H17N3S/c1-2-11-5-7-12(8-6-11)10-18-13-4-3-9-17-14(13)15(16)19/h3-9,18H,2,10H2,1H3,(H2,16,19). The van der Waals surface area contributed by atoms with Crippen LogP contribution in [-0.4, -0.2) is 9.97 Å². The van der Waals surface area contributed by atoms with E-state index in [4.69, 9.17) is 18.0 Å². The molecule has 1 heterocycles. The van der Waals surface area contributed by atoms with Crippen molar-refractivity contribution in [2.45, 2.75) is 19.9 Å². The van der Waals surface area contributed by atoms with Crippen LogP contribution in [0.5, 0.6) is 0 Å². The zero-order chi connectivity index (χ0) is 13.7. The van der Waals surface area contributed by atoms with Gasteiger partial charge >= 0.3 is 0 Å². The van der Waals surface area contributed by atoms with Crippen molar-refractivity contribution < 1.29 is 0 Å². The lowest BCUT2D eigenvalue weighted by atomic mass is 10.1. The van der Waals surface area contributed by atoms with Crippen molar-refractivity contribution in [3.05, 3.63) is 59.4 Å². The molecule has 98 valence electrons. The molecule has 2 aromatic rings. The van der Waals surface area contributed by atoms with E-state index in [0.717, 1.165) is 18.7 Å². The number of aryl methyl sites for hydroxylation is 1. The third-order valence-corrected chi connectivity index (χ3v) is 3.15. The Morgan fingerprint density at radius 3 is 2.53 bits per heavy atom. The molecule has 0 aliphatic rings. The molecule has 0 bridgehead atoms. The van der Waals surface area contributed by atoms with Gasteiger partial charge in [-0.25, -0.2) is 0 Å². The molecule has 2 rings (SSSR count). The maximum absolute atomic E-state index is 5.65. The van der Waals surface area contributed by atoms with Crippen molar-refractivity contribution in [1.82, 2.24) is 4.98 Å². The normalized spacial score (nSPS) is 10.2. The average Bonchev–Trinajstić information content (AvgIpc) is 2.46. The van der Waals surface area contributed by atoms with Gasteiger partial charge < -0.3 is 11.1 Å². The highest BCUT2D eigenvalue weighted by Gasteiger charge is 2.05. The van der Waals surface area contributed by atoms with Crippen LogP contribution in [0.1, 0.15) is 23.7 Å². The van der Waals surface area contributed by atoms with Crippen LogP contribution >= 0.6 is 12.2 Å². The number of rotatable bonds is 5. The summed E-state index contributed by atoms with van der Waals surface area (Å²) in [6, 6.07) is 12.3. The van der Waals surface area contributed by atoms with Crippen LogP contribution in [0.3, 0.4) is 0 Å². The lowest BCUT2D eigenvalue weighted by molar-refractivity contribution is 1.10. The molecule has 1 aromatic carbocycles. The Balaban J connectivity index is 2.07. The predicted octanol–water partition coefficient (Wildman–Crippen LogP) is 2.89. The number of anilines is 1. The molecule has 0 aliphatic heterocycles. The van der Waals surface area contributed by atoms with E-state index in [2.05, 4.69) is 41.5 Å². The third kappa shape index (κ3) is 3.51. The number of aromatic nitrogens is 1. The molecule has 0 radical (unpaired) electrons. The van der Waals surface area contributed by atoms with Crippen molar-refractivity contribution in [1.29, 1.82) is 0 Å². The van der Waals surface area contributed by atoms with Crippen LogP contribution in [0, 0.1) is 0 Å². The fourth-order valence-corrected chi connectivity index (χ4v) is 2.00. The summed E-state index contributed by atoms with van der Waals surface area (Å²) < 4.78 is 0. The molecule has 0 unspecified atom stereocenters. The van der Waals surface area contributed by atoms with Gasteiger partial charge in [-0.3, -0.25) is 4.98 Å². The monoisotopic (exact) mass is 271 g/mol. The third-order valence-electron chi connectivity index (χ3n) is 2.96. The Hall–Kier alpha value is -1.94. The number of pyridine rings is 1. The second-order valence-corrected chi connectivity index (χ2v) is 4.73. The van der Waals surface area contributed by atoms with Crippen molar-refractivity contribution in [3.63, 3.8) is 0 Å². The van der Waals surface area contributed by atoms with Gasteiger partial charge in [-0.1, -0.05) is 43.4 Å². The first-order valence-corrected chi connectivity index (χ1v) is 6.68. The summed E-state index contributed by atoms with van der Waals surface area (Å²) in [6.45, 7) is 2.88. The molecule has 1 aromatic heterocycles. The van der Waals surface area contributed by atoms with E-state index in [1.807, 2.05) is 12.1 Å². The van der Waals surface area contributed by atoms with Crippen molar-refractivity contribution in [2.24, 2.45) is 5.73 Å². The van der Waals surface area contributed by atoms with E-state index >= 15 is 0 Å². The maximum atomic E-state index is 5.65. The first-order chi connectivity index (χ1) is 9.20. The van der Waals surface area contributed by atoms with Gasteiger partial charge in [-0.2, -0.15) is 0 Å². The fraction of sp³-hybridized carbons (Fsp3) is 0.200. The SMILES string of the molecule is CCc1ccc(CNc2cccnc2C(N)=S)cc1. The molecule has 0 saturated carbocycles. The number of hydrogen-bond acceptors (Lipinski definition) is 3. The first kappa shape index (κ1) is 13.5. The lowest BCUT2D eigenvalue weighted by Crippen LogP contribution is -2.15. The summed E-state index contributed by atoms with van der Waals surface area (Å²) in [7, 11) is 0. The van der Waals surface area contributed by atoms with Gasteiger partial charge in [0.15, 0.2) is 0 Å². The quantitative estimate of drug-likeness (QED) is 0.821. The minimum atomic E-state index is 0.310. The highest BCUT2D eigenvalue weighted by Crippen LogP contribution is 2.14. The zero-order valence-corrected chi connectivity index (χ0v) is 11.7. The van der Waals surface area contributed by atoms with Crippen LogP contribution < -0.4 is 11.1 Å². The number of nitrogens with two attached hydrogens (primary N) is 1. The summed E-state index contributed by atoms with van der Waals surface area (Å²) in [6.07, 6.45) is 2.75.